The van der Waals surface area contributed by atoms with E-state index in [0.29, 0.717) is 5.88 Å². The van der Waals surface area contributed by atoms with E-state index in [1.54, 1.807) is 0 Å². The van der Waals surface area contributed by atoms with E-state index in [9.17, 15) is 8.76 Å². The quantitative estimate of drug-likeness (QED) is 0.464. The van der Waals surface area contributed by atoms with Crippen LogP contribution in [0.4, 0.5) is 0 Å². The largest absolute Gasteiger partial charge is 1.00 e. The molecule has 0 saturated carbocycles. The standard InChI is InChI=1S/C9H13NO3S.Na/c1-9(2,3)13-8-5-4-7(6-10-8)14(11)12;/h4-6H,1-3H3,(H,11,12);/q;+1/p-1. The molecule has 1 atom stereocenters. The van der Waals surface area contributed by atoms with Crippen molar-refractivity contribution in [2.24, 2.45) is 0 Å². The van der Waals surface area contributed by atoms with E-state index < -0.39 is 11.1 Å². The number of pyridine rings is 1. The molecule has 0 aliphatic carbocycles. The van der Waals surface area contributed by atoms with Crippen molar-refractivity contribution >= 4 is 11.1 Å². The Kier molecular flexibility index (Phi) is 5.98. The first-order valence-electron chi connectivity index (χ1n) is 4.13. The van der Waals surface area contributed by atoms with Crippen LogP contribution < -0.4 is 34.3 Å². The molecule has 0 aromatic carbocycles. The summed E-state index contributed by atoms with van der Waals surface area (Å²) < 4.78 is 26.5. The third kappa shape index (κ3) is 5.63. The predicted molar refractivity (Wildman–Crippen MR) is 51.8 cm³/mol. The van der Waals surface area contributed by atoms with Crippen LogP contribution in [0.15, 0.2) is 23.2 Å². The van der Waals surface area contributed by atoms with Gasteiger partial charge in [0.1, 0.15) is 5.60 Å². The molecule has 0 fully saturated rings. The van der Waals surface area contributed by atoms with Gasteiger partial charge in [0, 0.05) is 17.2 Å². The molecule has 6 heteroatoms. The van der Waals surface area contributed by atoms with Crippen LogP contribution in [0, 0.1) is 0 Å². The first kappa shape index (κ1) is 15.1. The molecule has 1 aromatic heterocycles. The topological polar surface area (TPSA) is 62.2 Å². The summed E-state index contributed by atoms with van der Waals surface area (Å²) in [6.07, 6.45) is 1.27. The van der Waals surface area contributed by atoms with Gasteiger partial charge < -0.3 is 9.29 Å². The number of nitrogens with zero attached hydrogens (tertiary/aromatic N) is 1. The van der Waals surface area contributed by atoms with E-state index in [0.717, 1.165) is 0 Å². The van der Waals surface area contributed by atoms with Crippen molar-refractivity contribution in [3.05, 3.63) is 18.3 Å². The van der Waals surface area contributed by atoms with Crippen molar-refractivity contribution in [2.75, 3.05) is 0 Å². The molecule has 0 N–H and O–H groups in total. The second kappa shape index (κ2) is 5.96. The van der Waals surface area contributed by atoms with Gasteiger partial charge >= 0.3 is 29.6 Å². The smallest absolute Gasteiger partial charge is 0.768 e. The van der Waals surface area contributed by atoms with Crippen molar-refractivity contribution in [1.29, 1.82) is 0 Å². The van der Waals surface area contributed by atoms with E-state index in [4.69, 9.17) is 4.74 Å². The Balaban J connectivity index is 0.00000196. The van der Waals surface area contributed by atoms with Crippen LogP contribution in [-0.4, -0.2) is 19.3 Å². The average molecular weight is 237 g/mol. The van der Waals surface area contributed by atoms with Gasteiger partial charge in [0.05, 0.1) is 0 Å². The van der Waals surface area contributed by atoms with Gasteiger partial charge in [-0.3, -0.25) is 4.21 Å². The molecule has 15 heavy (non-hydrogen) atoms. The van der Waals surface area contributed by atoms with E-state index in [-0.39, 0.29) is 40.1 Å². The zero-order valence-electron chi connectivity index (χ0n) is 9.31. The summed E-state index contributed by atoms with van der Waals surface area (Å²) in [6.45, 7) is 5.69. The first-order chi connectivity index (χ1) is 6.38. The molecule has 1 heterocycles. The Labute approximate surface area is 114 Å². The maximum atomic E-state index is 10.5. The molecule has 0 radical (unpaired) electrons. The molecule has 0 saturated heterocycles. The summed E-state index contributed by atoms with van der Waals surface area (Å²) >= 11 is -2.23. The zero-order valence-corrected chi connectivity index (χ0v) is 12.1. The molecule has 0 amide bonds. The van der Waals surface area contributed by atoms with Crippen LogP contribution in [0.3, 0.4) is 0 Å². The summed E-state index contributed by atoms with van der Waals surface area (Å²) in [5.41, 5.74) is -0.328. The van der Waals surface area contributed by atoms with Crippen LogP contribution in [0.1, 0.15) is 20.8 Å². The monoisotopic (exact) mass is 237 g/mol. The van der Waals surface area contributed by atoms with Crippen LogP contribution in [-0.2, 0) is 11.1 Å². The van der Waals surface area contributed by atoms with Gasteiger partial charge in [-0.25, -0.2) is 4.98 Å². The summed E-state index contributed by atoms with van der Waals surface area (Å²) in [7, 11) is 0. The summed E-state index contributed by atoms with van der Waals surface area (Å²) in [5.74, 6) is 0.423. The Bertz CT molecular complexity index is 334. The van der Waals surface area contributed by atoms with Gasteiger partial charge in [0.25, 0.3) is 0 Å². The van der Waals surface area contributed by atoms with Gasteiger partial charge in [-0.15, -0.1) is 0 Å². The Morgan fingerprint density at radius 3 is 2.33 bits per heavy atom. The Hall–Kier alpha value is 0.0600. The molecule has 1 rings (SSSR count). The fourth-order valence-corrected chi connectivity index (χ4v) is 1.16. The van der Waals surface area contributed by atoms with Crippen LogP contribution >= 0.6 is 0 Å². The van der Waals surface area contributed by atoms with E-state index in [2.05, 4.69) is 4.98 Å². The maximum Gasteiger partial charge on any atom is 1.00 e. The minimum Gasteiger partial charge on any atom is -0.768 e. The molecule has 1 unspecified atom stereocenters. The molecule has 0 aliphatic heterocycles. The Morgan fingerprint density at radius 1 is 1.40 bits per heavy atom. The fraction of sp³-hybridized carbons (Fsp3) is 0.444. The van der Waals surface area contributed by atoms with Crippen molar-refractivity contribution in [2.45, 2.75) is 31.3 Å². The molecule has 1 aromatic rings. The Morgan fingerprint density at radius 2 is 2.00 bits per heavy atom. The average Bonchev–Trinajstić information content (AvgIpc) is 2.02. The number of aromatic nitrogens is 1. The van der Waals surface area contributed by atoms with Crippen molar-refractivity contribution < 1.29 is 43.1 Å². The predicted octanol–water partition coefficient (Wildman–Crippen LogP) is -1.50. The van der Waals surface area contributed by atoms with Crippen LogP contribution in [0.25, 0.3) is 0 Å². The molecule has 0 aliphatic rings. The van der Waals surface area contributed by atoms with E-state index in [1.807, 2.05) is 20.8 Å². The number of rotatable bonds is 2. The maximum absolute atomic E-state index is 10.5. The third-order valence-corrected chi connectivity index (χ3v) is 1.94. The van der Waals surface area contributed by atoms with Crippen molar-refractivity contribution in [3.63, 3.8) is 0 Å². The molecular weight excluding hydrogens is 225 g/mol. The number of ether oxygens (including phenoxy) is 1. The summed E-state index contributed by atoms with van der Waals surface area (Å²) in [5, 5.41) is 0. The molecule has 4 nitrogen and oxygen atoms in total. The third-order valence-electron chi connectivity index (χ3n) is 1.31. The SMILES string of the molecule is CC(C)(C)Oc1ccc(S(=O)[O-])cn1.[Na+]. The fourth-order valence-electron chi connectivity index (χ4n) is 0.839. The molecule has 0 spiro atoms. The van der Waals surface area contributed by atoms with Gasteiger partial charge in [0.15, 0.2) is 0 Å². The number of hydrogen-bond acceptors (Lipinski definition) is 4. The van der Waals surface area contributed by atoms with Gasteiger partial charge in [-0.1, -0.05) is 0 Å². The first-order valence-corrected chi connectivity index (χ1v) is 5.20. The molecule has 78 valence electrons. The summed E-state index contributed by atoms with van der Waals surface area (Å²) in [6, 6.07) is 2.99. The van der Waals surface area contributed by atoms with E-state index in [1.165, 1.54) is 18.3 Å². The van der Waals surface area contributed by atoms with Gasteiger partial charge in [0.2, 0.25) is 5.88 Å². The second-order valence-electron chi connectivity index (χ2n) is 3.78. The minimum atomic E-state index is -2.23. The normalized spacial score (nSPS) is 12.8. The molecule has 0 bridgehead atoms. The molecular formula is C9H12NNaO3S. The van der Waals surface area contributed by atoms with Crippen molar-refractivity contribution in [1.82, 2.24) is 4.98 Å². The van der Waals surface area contributed by atoms with Gasteiger partial charge in [-0.05, 0) is 37.9 Å². The van der Waals surface area contributed by atoms with Crippen LogP contribution in [0.2, 0.25) is 0 Å². The number of hydrogen-bond donors (Lipinski definition) is 0. The van der Waals surface area contributed by atoms with Crippen LogP contribution in [0.5, 0.6) is 5.88 Å². The van der Waals surface area contributed by atoms with Crippen molar-refractivity contribution in [3.8, 4) is 5.88 Å². The minimum absolute atomic E-state index is 0. The summed E-state index contributed by atoms with van der Waals surface area (Å²) in [4.78, 5) is 4.03. The van der Waals surface area contributed by atoms with Gasteiger partial charge in [-0.2, -0.15) is 0 Å². The van der Waals surface area contributed by atoms with E-state index >= 15 is 0 Å². The second-order valence-corrected chi connectivity index (χ2v) is 4.72. The zero-order chi connectivity index (χ0) is 10.8.